The van der Waals surface area contributed by atoms with Crippen molar-refractivity contribution in [2.45, 2.75) is 39.0 Å². The summed E-state index contributed by atoms with van der Waals surface area (Å²) in [5, 5.41) is 9.46. The van der Waals surface area contributed by atoms with E-state index in [2.05, 4.69) is 41.7 Å². The Labute approximate surface area is 109 Å². The summed E-state index contributed by atoms with van der Waals surface area (Å²) >= 11 is 0. The van der Waals surface area contributed by atoms with E-state index in [1.807, 2.05) is 12.3 Å². The molecule has 1 fully saturated rings. The van der Waals surface area contributed by atoms with Crippen LogP contribution < -0.4 is 4.90 Å². The van der Waals surface area contributed by atoms with Crippen LogP contribution in [0.25, 0.3) is 0 Å². The molecule has 0 spiro atoms. The maximum Gasteiger partial charge on any atom is 0.0931 e. The number of pyridine rings is 1. The fourth-order valence-corrected chi connectivity index (χ4v) is 2.45. The van der Waals surface area contributed by atoms with Crippen molar-refractivity contribution >= 4 is 5.69 Å². The molecule has 0 aromatic carbocycles. The van der Waals surface area contributed by atoms with E-state index in [0.717, 1.165) is 24.5 Å². The van der Waals surface area contributed by atoms with Gasteiger partial charge in [-0.15, -0.1) is 0 Å². The number of aromatic nitrogens is 1. The number of hydrogen-bond acceptors (Lipinski definition) is 4. The highest BCUT2D eigenvalue weighted by Gasteiger charge is 2.26. The fourth-order valence-electron chi connectivity index (χ4n) is 2.45. The lowest BCUT2D eigenvalue weighted by Gasteiger charge is -2.43. The molecule has 0 bridgehead atoms. The van der Waals surface area contributed by atoms with Gasteiger partial charge in [0.05, 0.1) is 23.7 Å². The van der Waals surface area contributed by atoms with Crippen molar-refractivity contribution in [1.82, 2.24) is 9.88 Å². The summed E-state index contributed by atoms with van der Waals surface area (Å²) in [6.07, 6.45) is 1.37. The van der Waals surface area contributed by atoms with Crippen LogP contribution in [0.2, 0.25) is 0 Å². The molecule has 100 valence electrons. The van der Waals surface area contributed by atoms with Crippen LogP contribution >= 0.6 is 0 Å². The second-order valence-corrected chi connectivity index (χ2v) is 5.39. The average Bonchev–Trinajstić information content (AvgIpc) is 2.35. The van der Waals surface area contributed by atoms with Gasteiger partial charge in [-0.3, -0.25) is 9.88 Å². The Balaban J connectivity index is 2.12. The van der Waals surface area contributed by atoms with Gasteiger partial charge < -0.3 is 10.0 Å². The van der Waals surface area contributed by atoms with E-state index in [-0.39, 0.29) is 0 Å². The van der Waals surface area contributed by atoms with Crippen molar-refractivity contribution in [1.29, 1.82) is 0 Å². The van der Waals surface area contributed by atoms with Crippen LogP contribution in [0.4, 0.5) is 5.69 Å². The van der Waals surface area contributed by atoms with Crippen molar-refractivity contribution in [3.8, 4) is 0 Å². The van der Waals surface area contributed by atoms with Crippen LogP contribution in [-0.2, 0) is 0 Å². The minimum atomic E-state index is -0.496. The summed E-state index contributed by atoms with van der Waals surface area (Å²) in [7, 11) is 2.18. The van der Waals surface area contributed by atoms with Gasteiger partial charge in [-0.05, 0) is 40.0 Å². The van der Waals surface area contributed by atoms with E-state index >= 15 is 0 Å². The molecule has 0 amide bonds. The number of anilines is 1. The predicted octanol–water partition coefficient (Wildman–Crippen LogP) is 1.66. The largest absolute Gasteiger partial charge is 0.387 e. The zero-order chi connectivity index (χ0) is 13.3. The smallest absolute Gasteiger partial charge is 0.0931 e. The molecule has 1 aliphatic rings. The third-order valence-corrected chi connectivity index (χ3v) is 3.92. The molecule has 18 heavy (non-hydrogen) atoms. The van der Waals surface area contributed by atoms with E-state index in [4.69, 9.17) is 0 Å². The molecule has 1 N–H and O–H groups in total. The number of rotatable bonds is 2. The number of likely N-dealkylation sites (N-methyl/N-ethyl adjacent to an activating group) is 1. The normalized spacial score (nSPS) is 27.3. The molecule has 1 aliphatic heterocycles. The molecule has 4 heteroatoms. The minimum Gasteiger partial charge on any atom is -0.387 e. The lowest BCUT2D eigenvalue weighted by atomic mass is 10.1. The Kier molecular flexibility index (Phi) is 3.88. The monoisotopic (exact) mass is 249 g/mol. The first-order valence-electron chi connectivity index (χ1n) is 6.60. The summed E-state index contributed by atoms with van der Waals surface area (Å²) in [6.45, 7) is 8.29. The zero-order valence-corrected chi connectivity index (χ0v) is 11.7. The van der Waals surface area contributed by atoms with Crippen LogP contribution in [0, 0.1) is 0 Å². The molecule has 1 aromatic rings. The first kappa shape index (κ1) is 13.3. The van der Waals surface area contributed by atoms with Gasteiger partial charge in [0.2, 0.25) is 0 Å². The molecule has 2 rings (SSSR count). The van der Waals surface area contributed by atoms with Crippen molar-refractivity contribution in [3.63, 3.8) is 0 Å². The molecule has 0 saturated carbocycles. The average molecular weight is 249 g/mol. The van der Waals surface area contributed by atoms with E-state index < -0.39 is 6.10 Å². The maximum absolute atomic E-state index is 9.46. The van der Waals surface area contributed by atoms with Gasteiger partial charge in [0.25, 0.3) is 0 Å². The first-order valence-corrected chi connectivity index (χ1v) is 6.60. The van der Waals surface area contributed by atoms with E-state index in [1.165, 1.54) is 0 Å². The molecule has 4 nitrogen and oxygen atoms in total. The van der Waals surface area contributed by atoms with Gasteiger partial charge in [-0.25, -0.2) is 0 Å². The molecule has 1 aromatic heterocycles. The van der Waals surface area contributed by atoms with Crippen LogP contribution in [0.15, 0.2) is 18.3 Å². The number of aliphatic hydroxyl groups is 1. The van der Waals surface area contributed by atoms with E-state index in [9.17, 15) is 5.11 Å². The van der Waals surface area contributed by atoms with Gasteiger partial charge in [0, 0.05) is 25.2 Å². The zero-order valence-electron chi connectivity index (χ0n) is 11.7. The Hall–Kier alpha value is -1.13. The third-order valence-electron chi connectivity index (χ3n) is 3.92. The standard InChI is InChI=1S/C14H23N3O/c1-10-8-17(9-11(2)16(10)4)13-5-6-14(12(3)18)15-7-13/h5-7,10-12,18H,8-9H2,1-4H3. The summed E-state index contributed by atoms with van der Waals surface area (Å²) in [5.41, 5.74) is 1.88. The number of nitrogens with zero attached hydrogens (tertiary/aromatic N) is 3. The Morgan fingerprint density at radius 2 is 1.89 bits per heavy atom. The van der Waals surface area contributed by atoms with Gasteiger partial charge in [0.1, 0.15) is 0 Å². The maximum atomic E-state index is 9.46. The summed E-state index contributed by atoms with van der Waals surface area (Å²) in [6, 6.07) is 5.06. The lowest BCUT2D eigenvalue weighted by molar-refractivity contribution is 0.170. The minimum absolute atomic E-state index is 0.496. The third kappa shape index (κ3) is 2.65. The number of aliphatic hydroxyl groups excluding tert-OH is 1. The number of piperazine rings is 1. The second kappa shape index (κ2) is 5.24. The van der Waals surface area contributed by atoms with Gasteiger partial charge in [0.15, 0.2) is 0 Å². The van der Waals surface area contributed by atoms with E-state index in [1.54, 1.807) is 6.92 Å². The molecule has 2 heterocycles. The quantitative estimate of drug-likeness (QED) is 0.865. The van der Waals surface area contributed by atoms with Gasteiger partial charge >= 0.3 is 0 Å². The van der Waals surface area contributed by atoms with Crippen LogP contribution in [0.5, 0.6) is 0 Å². The molecular formula is C14H23N3O. The summed E-state index contributed by atoms with van der Waals surface area (Å²) in [4.78, 5) is 9.10. The van der Waals surface area contributed by atoms with Crippen molar-refractivity contribution in [3.05, 3.63) is 24.0 Å². The molecule has 3 atom stereocenters. The predicted molar refractivity (Wildman–Crippen MR) is 73.8 cm³/mol. The van der Waals surface area contributed by atoms with Crippen LogP contribution in [0.3, 0.4) is 0 Å². The fraction of sp³-hybridized carbons (Fsp3) is 0.643. The number of hydrogen-bond donors (Lipinski definition) is 1. The Morgan fingerprint density at radius 3 is 2.33 bits per heavy atom. The van der Waals surface area contributed by atoms with Crippen molar-refractivity contribution in [2.24, 2.45) is 0 Å². The molecular weight excluding hydrogens is 226 g/mol. The molecule has 1 saturated heterocycles. The van der Waals surface area contributed by atoms with Crippen molar-refractivity contribution in [2.75, 3.05) is 25.0 Å². The SMILES string of the molecule is CC(O)c1ccc(N2CC(C)N(C)C(C)C2)cn1. The molecule has 0 aliphatic carbocycles. The highest BCUT2D eigenvalue weighted by molar-refractivity contribution is 5.45. The van der Waals surface area contributed by atoms with Crippen molar-refractivity contribution < 1.29 is 5.11 Å². The first-order chi connectivity index (χ1) is 8.49. The highest BCUT2D eigenvalue weighted by atomic mass is 16.3. The lowest BCUT2D eigenvalue weighted by Crippen LogP contribution is -2.55. The Bertz CT molecular complexity index is 379. The van der Waals surface area contributed by atoms with Gasteiger partial charge in [-0.1, -0.05) is 0 Å². The molecule has 0 radical (unpaired) electrons. The topological polar surface area (TPSA) is 39.6 Å². The van der Waals surface area contributed by atoms with Gasteiger partial charge in [-0.2, -0.15) is 0 Å². The summed E-state index contributed by atoms with van der Waals surface area (Å²) in [5.74, 6) is 0. The summed E-state index contributed by atoms with van der Waals surface area (Å²) < 4.78 is 0. The molecule has 3 unspecified atom stereocenters. The Morgan fingerprint density at radius 1 is 1.28 bits per heavy atom. The van der Waals surface area contributed by atoms with Crippen LogP contribution in [-0.4, -0.2) is 47.2 Å². The highest BCUT2D eigenvalue weighted by Crippen LogP contribution is 2.21. The van der Waals surface area contributed by atoms with E-state index in [0.29, 0.717) is 12.1 Å². The van der Waals surface area contributed by atoms with Crippen LogP contribution in [0.1, 0.15) is 32.6 Å². The second-order valence-electron chi connectivity index (χ2n) is 5.39.